The molecule has 12 rings (SSSR count). The third kappa shape index (κ3) is 5.32. The summed E-state index contributed by atoms with van der Waals surface area (Å²) in [4.78, 5) is 8.48. The number of hydrogen-bond donors (Lipinski definition) is 0. The summed E-state index contributed by atoms with van der Waals surface area (Å²) in [6, 6.07) is 46.6. The average molecular weight is 854 g/mol. The van der Waals surface area contributed by atoms with Crippen LogP contribution in [0.25, 0.3) is 0 Å². The van der Waals surface area contributed by atoms with Gasteiger partial charge >= 0.3 is 0 Å². The van der Waals surface area contributed by atoms with E-state index in [-0.39, 0.29) is 39.5 Å². The highest BCUT2D eigenvalue weighted by atomic mass is 15.3. The van der Waals surface area contributed by atoms with Crippen LogP contribution in [0.2, 0.25) is 0 Å². The Bertz CT molecular complexity index is 2950. The van der Waals surface area contributed by atoms with Crippen LogP contribution in [0.15, 0.2) is 115 Å². The zero-order valence-electron chi connectivity index (χ0n) is 41.0. The fourth-order valence-corrected chi connectivity index (χ4v) is 14.6. The van der Waals surface area contributed by atoms with Crippen LogP contribution in [0.4, 0.5) is 39.8 Å². The molecule has 65 heavy (non-hydrogen) atoms. The standard InChI is InChI=1S/C61H68BN3/c1-39-21-25-44(26-22-39)63-51-27-23-40(2)33-48(51)62-49-36-43(57(6,7)8)35-47-55(49)65(60(11)31-17-18-32-61(47,60)41-19-13-12-14-20-41)53-38-45(37-52(63)54(53)62)64-50-28-24-42(56(3,4)5)34-46(50)58(9)29-15-16-30-59(58,64)10/h12-14,19-28,33-38H,15-18,29-32H2,1-11H3. The lowest BCUT2D eigenvalue weighted by Gasteiger charge is -2.54. The van der Waals surface area contributed by atoms with Crippen LogP contribution in [0.1, 0.15) is 153 Å². The van der Waals surface area contributed by atoms with E-state index in [1.807, 2.05) is 0 Å². The van der Waals surface area contributed by atoms with Crippen LogP contribution in [0.5, 0.6) is 0 Å². The second-order valence-electron chi connectivity index (χ2n) is 24.0. The van der Waals surface area contributed by atoms with Gasteiger partial charge in [-0.15, -0.1) is 0 Å². The van der Waals surface area contributed by atoms with Crippen molar-refractivity contribution in [3.8, 4) is 0 Å². The van der Waals surface area contributed by atoms with Crippen molar-refractivity contribution in [2.24, 2.45) is 0 Å². The lowest BCUT2D eigenvalue weighted by molar-refractivity contribution is 0.194. The van der Waals surface area contributed by atoms with E-state index in [9.17, 15) is 0 Å². The lowest BCUT2D eigenvalue weighted by Crippen LogP contribution is -2.65. The van der Waals surface area contributed by atoms with Crippen molar-refractivity contribution >= 4 is 62.9 Å². The Balaban J connectivity index is 1.23. The highest BCUT2D eigenvalue weighted by Crippen LogP contribution is 2.66. The predicted octanol–water partition coefficient (Wildman–Crippen LogP) is 14.0. The van der Waals surface area contributed by atoms with Gasteiger partial charge in [-0.25, -0.2) is 0 Å². The van der Waals surface area contributed by atoms with Gasteiger partial charge in [0, 0.05) is 50.6 Å². The number of rotatable bonds is 3. The Hall–Kier alpha value is -5.22. The summed E-state index contributed by atoms with van der Waals surface area (Å²) in [5.74, 6) is 0. The zero-order valence-corrected chi connectivity index (χ0v) is 41.0. The van der Waals surface area contributed by atoms with Gasteiger partial charge in [-0.05, 0) is 145 Å². The van der Waals surface area contributed by atoms with Gasteiger partial charge in [-0.3, -0.25) is 0 Å². The van der Waals surface area contributed by atoms with Gasteiger partial charge in [0.1, 0.15) is 0 Å². The molecule has 6 aromatic carbocycles. The van der Waals surface area contributed by atoms with E-state index >= 15 is 0 Å². The largest absolute Gasteiger partial charge is 0.335 e. The molecule has 0 bridgehead atoms. The fraction of sp³-hybridized carbons (Fsp3) is 0.410. The van der Waals surface area contributed by atoms with Crippen LogP contribution in [-0.4, -0.2) is 17.8 Å². The first-order valence-corrected chi connectivity index (χ1v) is 25.1. The summed E-state index contributed by atoms with van der Waals surface area (Å²) in [5.41, 5.74) is 23.5. The predicted molar refractivity (Wildman–Crippen MR) is 278 cm³/mol. The van der Waals surface area contributed by atoms with E-state index in [2.05, 4.69) is 206 Å². The molecule has 4 atom stereocenters. The minimum Gasteiger partial charge on any atom is -0.335 e. The Morgan fingerprint density at radius 1 is 0.492 bits per heavy atom. The SMILES string of the molecule is Cc1ccc(N2c3ccc(C)cc3B3c4cc(C(C)(C)C)cc5c4N(c4cc(N6c7ccc(C(C)(C)C)cc7C7(C)CCCCC67C)cc2c43)C2(C)CCCCC52c2ccccc2)cc1. The molecule has 2 fully saturated rings. The summed E-state index contributed by atoms with van der Waals surface area (Å²) in [5, 5.41) is 0. The van der Waals surface area contributed by atoms with Gasteiger partial charge in [0.15, 0.2) is 0 Å². The quantitative estimate of drug-likeness (QED) is 0.164. The van der Waals surface area contributed by atoms with Crippen LogP contribution < -0.4 is 31.1 Å². The number of aryl methyl sites for hydroxylation is 2. The smallest absolute Gasteiger partial charge is 0.252 e. The van der Waals surface area contributed by atoms with E-state index < -0.39 is 0 Å². The zero-order chi connectivity index (χ0) is 45.2. The Morgan fingerprint density at radius 3 is 1.85 bits per heavy atom. The number of anilines is 7. The highest BCUT2D eigenvalue weighted by molar-refractivity contribution is 7.00. The molecular formula is C61H68BN3. The summed E-state index contributed by atoms with van der Waals surface area (Å²) in [6.45, 7) is 26.9. The van der Waals surface area contributed by atoms with Crippen LogP contribution >= 0.6 is 0 Å². The maximum Gasteiger partial charge on any atom is 0.252 e. The van der Waals surface area contributed by atoms with Gasteiger partial charge in [-0.1, -0.05) is 164 Å². The normalized spacial score (nSPS) is 26.0. The summed E-state index contributed by atoms with van der Waals surface area (Å²) in [7, 11) is 0. The van der Waals surface area contributed by atoms with Crippen molar-refractivity contribution in [1.29, 1.82) is 0 Å². The van der Waals surface area contributed by atoms with Gasteiger partial charge in [0.05, 0.1) is 11.1 Å². The molecule has 0 radical (unpaired) electrons. The number of nitrogens with zero attached hydrogens (tertiary/aromatic N) is 3. The highest BCUT2D eigenvalue weighted by Gasteiger charge is 2.65. The van der Waals surface area contributed by atoms with Crippen molar-refractivity contribution < 1.29 is 0 Å². The molecule has 4 heterocycles. The van der Waals surface area contributed by atoms with Crippen molar-refractivity contribution in [3.63, 3.8) is 0 Å². The van der Waals surface area contributed by atoms with Crippen molar-refractivity contribution in [3.05, 3.63) is 154 Å². The summed E-state index contributed by atoms with van der Waals surface area (Å²) in [6.07, 6.45) is 9.65. The maximum absolute atomic E-state index is 2.96. The fourth-order valence-electron chi connectivity index (χ4n) is 14.6. The number of fused-ring (bicyclic) bond motifs is 10. The monoisotopic (exact) mass is 854 g/mol. The topological polar surface area (TPSA) is 9.72 Å². The Labute approximate surface area is 390 Å². The summed E-state index contributed by atoms with van der Waals surface area (Å²) < 4.78 is 0. The third-order valence-electron chi connectivity index (χ3n) is 18.3. The van der Waals surface area contributed by atoms with E-state index in [1.54, 1.807) is 11.1 Å². The third-order valence-corrected chi connectivity index (χ3v) is 18.3. The molecule has 2 saturated carbocycles. The van der Waals surface area contributed by atoms with Gasteiger partial charge < -0.3 is 14.7 Å². The molecule has 3 nitrogen and oxygen atoms in total. The lowest BCUT2D eigenvalue weighted by atomic mass is 9.33. The van der Waals surface area contributed by atoms with Crippen LogP contribution in [0.3, 0.4) is 0 Å². The minimum atomic E-state index is -0.188. The van der Waals surface area contributed by atoms with Gasteiger partial charge in [0.2, 0.25) is 0 Å². The van der Waals surface area contributed by atoms with Gasteiger partial charge in [-0.2, -0.15) is 0 Å². The molecule has 4 aliphatic heterocycles. The van der Waals surface area contributed by atoms with E-state index in [0.717, 1.165) is 12.8 Å². The first kappa shape index (κ1) is 41.2. The number of hydrogen-bond acceptors (Lipinski definition) is 3. The second kappa shape index (κ2) is 13.5. The van der Waals surface area contributed by atoms with Gasteiger partial charge in [0.25, 0.3) is 6.71 Å². The van der Waals surface area contributed by atoms with Crippen LogP contribution in [0, 0.1) is 13.8 Å². The first-order valence-electron chi connectivity index (χ1n) is 25.1. The number of benzene rings is 6. The molecule has 0 saturated heterocycles. The molecular weight excluding hydrogens is 786 g/mol. The minimum absolute atomic E-state index is 0.0207. The molecule has 2 aliphatic carbocycles. The molecule has 0 N–H and O–H groups in total. The first-order chi connectivity index (χ1) is 30.9. The molecule has 6 aromatic rings. The van der Waals surface area contributed by atoms with E-state index in [0.29, 0.717) is 0 Å². The Kier molecular flexibility index (Phi) is 8.53. The molecule has 6 aliphatic rings. The molecule has 0 spiro atoms. The maximum atomic E-state index is 2.96. The average Bonchev–Trinajstić information content (AvgIpc) is 3.64. The molecule has 4 heteroatoms. The Morgan fingerprint density at radius 2 is 1.12 bits per heavy atom. The van der Waals surface area contributed by atoms with Crippen LogP contribution in [-0.2, 0) is 21.7 Å². The summed E-state index contributed by atoms with van der Waals surface area (Å²) >= 11 is 0. The van der Waals surface area contributed by atoms with Crippen molar-refractivity contribution in [2.75, 3.05) is 14.7 Å². The molecule has 4 unspecified atom stereocenters. The molecule has 330 valence electrons. The second-order valence-corrected chi connectivity index (χ2v) is 24.0. The van der Waals surface area contributed by atoms with E-state index in [1.165, 1.54) is 123 Å². The van der Waals surface area contributed by atoms with Crippen molar-refractivity contribution in [1.82, 2.24) is 0 Å². The van der Waals surface area contributed by atoms with E-state index in [4.69, 9.17) is 0 Å². The van der Waals surface area contributed by atoms with Crippen molar-refractivity contribution in [2.45, 2.75) is 160 Å². The molecule has 0 amide bonds. The molecule has 0 aromatic heterocycles.